The Bertz CT molecular complexity index is 878. The number of aromatic nitrogens is 2. The largest absolute Gasteiger partial charge is 0.422 e. The SMILES string of the molecule is O=C(Oc1ccccc1C(F)(F)F)c1cnc2ccncc2c1. The smallest absolute Gasteiger partial charge is 0.419 e. The molecule has 0 saturated carbocycles. The molecule has 0 atom stereocenters. The second-order valence-corrected chi connectivity index (χ2v) is 4.68. The standard InChI is InChI=1S/C16H9F3N2O2/c17-16(18,19)12-3-1-2-4-14(12)23-15(22)11-7-10-8-20-6-5-13(10)21-9-11/h1-9H. The quantitative estimate of drug-likeness (QED) is 0.532. The Morgan fingerprint density at radius 2 is 1.87 bits per heavy atom. The number of hydrogen-bond acceptors (Lipinski definition) is 4. The number of carbonyl (C=O) groups excluding carboxylic acids is 1. The minimum Gasteiger partial charge on any atom is -0.422 e. The minimum atomic E-state index is -4.61. The maximum absolute atomic E-state index is 12.9. The number of esters is 1. The van der Waals surface area contributed by atoms with Crippen LogP contribution in [-0.2, 0) is 6.18 Å². The maximum atomic E-state index is 12.9. The average Bonchev–Trinajstić information content (AvgIpc) is 2.54. The fraction of sp³-hybridized carbons (Fsp3) is 0.0625. The molecule has 0 bridgehead atoms. The van der Waals surface area contributed by atoms with E-state index in [1.165, 1.54) is 30.6 Å². The number of para-hydroxylation sites is 1. The van der Waals surface area contributed by atoms with Gasteiger partial charge in [0.05, 0.1) is 16.6 Å². The Morgan fingerprint density at radius 3 is 2.65 bits per heavy atom. The third kappa shape index (κ3) is 3.13. The van der Waals surface area contributed by atoms with Gasteiger partial charge in [0.1, 0.15) is 5.75 Å². The lowest BCUT2D eigenvalue weighted by molar-refractivity contribution is -0.138. The monoisotopic (exact) mass is 318 g/mol. The fourth-order valence-electron chi connectivity index (χ4n) is 2.03. The van der Waals surface area contributed by atoms with Gasteiger partial charge in [-0.1, -0.05) is 12.1 Å². The van der Waals surface area contributed by atoms with Crippen molar-refractivity contribution in [2.45, 2.75) is 6.18 Å². The molecule has 0 fully saturated rings. The van der Waals surface area contributed by atoms with Crippen molar-refractivity contribution in [3.05, 3.63) is 66.1 Å². The van der Waals surface area contributed by atoms with Gasteiger partial charge in [-0.15, -0.1) is 0 Å². The highest BCUT2D eigenvalue weighted by molar-refractivity contribution is 5.94. The zero-order valence-electron chi connectivity index (χ0n) is 11.5. The summed E-state index contributed by atoms with van der Waals surface area (Å²) in [4.78, 5) is 20.0. The van der Waals surface area contributed by atoms with E-state index in [0.717, 1.165) is 12.1 Å². The van der Waals surface area contributed by atoms with Crippen LogP contribution in [0.25, 0.3) is 10.9 Å². The average molecular weight is 318 g/mol. The van der Waals surface area contributed by atoms with Gasteiger partial charge in [0.2, 0.25) is 0 Å². The van der Waals surface area contributed by atoms with Crippen LogP contribution < -0.4 is 4.74 Å². The summed E-state index contributed by atoms with van der Waals surface area (Å²) in [7, 11) is 0. The molecule has 0 radical (unpaired) electrons. The first-order valence-corrected chi connectivity index (χ1v) is 6.53. The van der Waals surface area contributed by atoms with E-state index in [0.29, 0.717) is 10.9 Å². The molecule has 0 amide bonds. The van der Waals surface area contributed by atoms with Crippen LogP contribution in [0.3, 0.4) is 0 Å². The van der Waals surface area contributed by atoms with E-state index in [2.05, 4.69) is 9.97 Å². The number of rotatable bonds is 2. The molecule has 3 rings (SSSR count). The number of benzene rings is 1. The lowest BCUT2D eigenvalue weighted by Crippen LogP contribution is -2.14. The number of fused-ring (bicyclic) bond motifs is 1. The van der Waals surface area contributed by atoms with Crippen molar-refractivity contribution in [2.24, 2.45) is 0 Å². The van der Waals surface area contributed by atoms with Crippen LogP contribution in [0.2, 0.25) is 0 Å². The Labute approximate surface area is 128 Å². The predicted octanol–water partition coefficient (Wildman–Crippen LogP) is 3.87. The van der Waals surface area contributed by atoms with E-state index in [4.69, 9.17) is 4.74 Å². The van der Waals surface area contributed by atoms with Gasteiger partial charge in [-0.3, -0.25) is 9.97 Å². The van der Waals surface area contributed by atoms with Crippen LogP contribution in [-0.4, -0.2) is 15.9 Å². The van der Waals surface area contributed by atoms with Gasteiger partial charge >= 0.3 is 12.1 Å². The van der Waals surface area contributed by atoms with Crippen molar-refractivity contribution in [3.8, 4) is 5.75 Å². The number of alkyl halides is 3. The molecule has 0 N–H and O–H groups in total. The van der Waals surface area contributed by atoms with E-state index < -0.39 is 23.5 Å². The zero-order valence-corrected chi connectivity index (χ0v) is 11.5. The number of carbonyl (C=O) groups is 1. The number of halogens is 3. The Hall–Kier alpha value is -2.96. The molecule has 0 aliphatic carbocycles. The molecule has 2 aromatic heterocycles. The second kappa shape index (κ2) is 5.68. The molecule has 3 aromatic rings. The first kappa shape index (κ1) is 15.0. The van der Waals surface area contributed by atoms with Crippen molar-refractivity contribution >= 4 is 16.9 Å². The number of pyridine rings is 2. The molecule has 0 unspecified atom stereocenters. The fourth-order valence-corrected chi connectivity index (χ4v) is 2.03. The van der Waals surface area contributed by atoms with Crippen LogP contribution in [0.15, 0.2) is 55.0 Å². The summed E-state index contributed by atoms with van der Waals surface area (Å²) in [6, 6.07) is 7.66. The molecule has 4 nitrogen and oxygen atoms in total. The minimum absolute atomic E-state index is 0.0440. The van der Waals surface area contributed by atoms with Gasteiger partial charge in [-0.2, -0.15) is 13.2 Å². The van der Waals surface area contributed by atoms with Gasteiger partial charge in [0.15, 0.2) is 0 Å². The van der Waals surface area contributed by atoms with Gasteiger partial charge < -0.3 is 4.74 Å². The summed E-state index contributed by atoms with van der Waals surface area (Å²) in [6.07, 6.45) is -0.307. The maximum Gasteiger partial charge on any atom is 0.419 e. The zero-order chi connectivity index (χ0) is 16.4. The van der Waals surface area contributed by atoms with Gasteiger partial charge in [-0.05, 0) is 24.3 Å². The van der Waals surface area contributed by atoms with E-state index >= 15 is 0 Å². The summed E-state index contributed by atoms with van der Waals surface area (Å²) in [5.74, 6) is -1.46. The topological polar surface area (TPSA) is 52.1 Å². The first-order valence-electron chi connectivity index (χ1n) is 6.53. The Kier molecular flexibility index (Phi) is 3.69. The van der Waals surface area contributed by atoms with Crippen molar-refractivity contribution in [1.29, 1.82) is 0 Å². The summed E-state index contributed by atoms with van der Waals surface area (Å²) < 4.78 is 43.6. The molecule has 2 heterocycles. The molecular formula is C16H9F3N2O2. The Morgan fingerprint density at radius 1 is 1.09 bits per heavy atom. The highest BCUT2D eigenvalue weighted by atomic mass is 19.4. The normalized spacial score (nSPS) is 11.4. The summed E-state index contributed by atoms with van der Waals surface area (Å²) in [5.41, 5.74) is -0.349. The molecular weight excluding hydrogens is 309 g/mol. The van der Waals surface area contributed by atoms with Crippen molar-refractivity contribution < 1.29 is 22.7 Å². The molecule has 23 heavy (non-hydrogen) atoms. The number of nitrogens with zero attached hydrogens (tertiary/aromatic N) is 2. The third-order valence-corrected chi connectivity index (χ3v) is 3.11. The molecule has 7 heteroatoms. The molecule has 116 valence electrons. The van der Waals surface area contributed by atoms with E-state index in [1.54, 1.807) is 12.3 Å². The van der Waals surface area contributed by atoms with Gasteiger partial charge in [-0.25, -0.2) is 4.79 Å². The second-order valence-electron chi connectivity index (χ2n) is 4.68. The lowest BCUT2D eigenvalue weighted by Gasteiger charge is -2.12. The van der Waals surface area contributed by atoms with Crippen molar-refractivity contribution in [1.82, 2.24) is 9.97 Å². The van der Waals surface area contributed by atoms with E-state index in [-0.39, 0.29) is 5.56 Å². The molecule has 0 aliphatic rings. The van der Waals surface area contributed by atoms with Crippen molar-refractivity contribution in [2.75, 3.05) is 0 Å². The molecule has 1 aromatic carbocycles. The predicted molar refractivity (Wildman–Crippen MR) is 75.9 cm³/mol. The number of ether oxygens (including phenoxy) is 1. The van der Waals surface area contributed by atoms with Crippen molar-refractivity contribution in [3.63, 3.8) is 0 Å². The molecule has 0 saturated heterocycles. The summed E-state index contributed by atoms with van der Waals surface area (Å²) in [6.45, 7) is 0. The number of hydrogen-bond donors (Lipinski definition) is 0. The van der Waals surface area contributed by atoms with Crippen LogP contribution in [0.1, 0.15) is 15.9 Å². The molecule has 0 aliphatic heterocycles. The Balaban J connectivity index is 1.92. The van der Waals surface area contributed by atoms with Crippen LogP contribution in [0.4, 0.5) is 13.2 Å². The highest BCUT2D eigenvalue weighted by Crippen LogP contribution is 2.36. The summed E-state index contributed by atoms with van der Waals surface area (Å²) in [5, 5.41) is 0.589. The lowest BCUT2D eigenvalue weighted by atomic mass is 10.2. The van der Waals surface area contributed by atoms with Crippen LogP contribution >= 0.6 is 0 Å². The van der Waals surface area contributed by atoms with E-state index in [9.17, 15) is 18.0 Å². The molecule has 0 spiro atoms. The first-order chi connectivity index (χ1) is 10.9. The van der Waals surface area contributed by atoms with Crippen LogP contribution in [0.5, 0.6) is 5.75 Å². The highest BCUT2D eigenvalue weighted by Gasteiger charge is 2.34. The third-order valence-electron chi connectivity index (χ3n) is 3.11. The van der Waals surface area contributed by atoms with Gasteiger partial charge in [0.25, 0.3) is 0 Å². The van der Waals surface area contributed by atoms with E-state index in [1.807, 2.05) is 0 Å². The van der Waals surface area contributed by atoms with Crippen LogP contribution in [0, 0.1) is 0 Å². The van der Waals surface area contributed by atoms with Gasteiger partial charge in [0, 0.05) is 24.0 Å². The summed E-state index contributed by atoms with van der Waals surface area (Å²) >= 11 is 0.